The molecule has 9 heteroatoms. The van der Waals surface area contributed by atoms with E-state index < -0.39 is 0 Å². The number of nitrogens with zero attached hydrogens (tertiary/aromatic N) is 2. The van der Waals surface area contributed by atoms with Gasteiger partial charge in [0.1, 0.15) is 17.3 Å². The summed E-state index contributed by atoms with van der Waals surface area (Å²) in [6, 6.07) is 20.6. The number of carbonyl (C=O) groups is 1. The largest absolute Gasteiger partial charge is 0.497 e. The minimum atomic E-state index is -0.169. The Hall–Kier alpha value is -4.92. The van der Waals surface area contributed by atoms with E-state index in [2.05, 4.69) is 10.6 Å². The van der Waals surface area contributed by atoms with Gasteiger partial charge in [-0.2, -0.15) is 0 Å². The molecule has 3 aromatic carbocycles. The number of methoxy groups -OCH3 is 1. The highest BCUT2D eigenvalue weighted by Gasteiger charge is 2.13. The Bertz CT molecular complexity index is 1500. The molecule has 0 aliphatic carbocycles. The maximum atomic E-state index is 12.2. The Labute approximate surface area is 227 Å². The second-order valence-electron chi connectivity index (χ2n) is 8.94. The molecular weight excluding hydrogens is 492 g/mol. The predicted octanol–water partition coefficient (Wildman–Crippen LogP) is 5.29. The van der Waals surface area contributed by atoms with Crippen LogP contribution in [0.3, 0.4) is 0 Å². The van der Waals surface area contributed by atoms with Gasteiger partial charge < -0.3 is 31.3 Å². The number of rotatable bonds is 11. The molecule has 0 saturated carbocycles. The molecule has 5 N–H and O–H groups in total. The summed E-state index contributed by atoms with van der Waals surface area (Å²) in [5.74, 6) is 2.16. The lowest BCUT2D eigenvalue weighted by Gasteiger charge is -2.14. The molecule has 1 aromatic heterocycles. The van der Waals surface area contributed by atoms with Crippen LogP contribution < -0.4 is 25.8 Å². The van der Waals surface area contributed by atoms with Crippen molar-refractivity contribution in [3.05, 3.63) is 78.5 Å². The highest BCUT2D eigenvalue weighted by Crippen LogP contribution is 2.31. The third-order valence-electron chi connectivity index (χ3n) is 6.20. The van der Waals surface area contributed by atoms with Crippen LogP contribution in [0.4, 0.5) is 11.5 Å². The van der Waals surface area contributed by atoms with Crippen molar-refractivity contribution in [2.45, 2.75) is 26.3 Å². The van der Waals surface area contributed by atoms with Gasteiger partial charge in [-0.3, -0.25) is 4.79 Å². The first-order valence-electron chi connectivity index (χ1n) is 12.6. The van der Waals surface area contributed by atoms with Crippen molar-refractivity contribution in [1.82, 2.24) is 15.3 Å². The van der Waals surface area contributed by atoms with Crippen LogP contribution >= 0.6 is 0 Å². The predicted molar refractivity (Wildman–Crippen MR) is 156 cm³/mol. The Kier molecular flexibility index (Phi) is 8.73. The second kappa shape index (κ2) is 12.6. The first-order valence-corrected chi connectivity index (χ1v) is 12.6. The molecule has 0 fully saturated rings. The summed E-state index contributed by atoms with van der Waals surface area (Å²) in [5.41, 5.74) is 9.36. The molecule has 4 rings (SSSR count). The molecule has 200 valence electrons. The van der Waals surface area contributed by atoms with Gasteiger partial charge in [0.05, 0.1) is 12.6 Å². The topological polar surface area (TPSA) is 135 Å². The SMILES string of the molecule is CCC(C)NC(=O)COc1cccc(-c2nc(Nc3ccc(/C(C=N)=C/N)cc3)c3cc(OC)ccc3n2)c1. The van der Waals surface area contributed by atoms with Gasteiger partial charge in [-0.15, -0.1) is 0 Å². The molecule has 1 heterocycles. The van der Waals surface area contributed by atoms with Crippen LogP contribution in [-0.2, 0) is 4.79 Å². The van der Waals surface area contributed by atoms with Crippen molar-refractivity contribution in [2.24, 2.45) is 5.73 Å². The zero-order valence-corrected chi connectivity index (χ0v) is 22.2. The number of carbonyl (C=O) groups excluding carboxylic acids is 1. The minimum absolute atomic E-state index is 0.0754. The van der Waals surface area contributed by atoms with Crippen molar-refractivity contribution in [3.8, 4) is 22.9 Å². The highest BCUT2D eigenvalue weighted by molar-refractivity contribution is 6.08. The summed E-state index contributed by atoms with van der Waals surface area (Å²) in [7, 11) is 1.61. The number of anilines is 2. The van der Waals surface area contributed by atoms with Gasteiger partial charge in [0.2, 0.25) is 0 Å². The van der Waals surface area contributed by atoms with E-state index in [1.165, 1.54) is 12.4 Å². The maximum absolute atomic E-state index is 12.2. The van der Waals surface area contributed by atoms with Crippen LogP contribution in [0.1, 0.15) is 25.8 Å². The molecule has 1 unspecified atom stereocenters. The summed E-state index contributed by atoms with van der Waals surface area (Å²) >= 11 is 0. The van der Waals surface area contributed by atoms with Gasteiger partial charge in [0, 0.05) is 40.7 Å². The van der Waals surface area contributed by atoms with Gasteiger partial charge in [-0.1, -0.05) is 31.2 Å². The smallest absolute Gasteiger partial charge is 0.258 e. The Morgan fingerprint density at radius 2 is 1.87 bits per heavy atom. The number of ether oxygens (including phenoxy) is 2. The monoisotopic (exact) mass is 524 g/mol. The summed E-state index contributed by atoms with van der Waals surface area (Å²) in [5, 5.41) is 14.6. The van der Waals surface area contributed by atoms with Crippen molar-refractivity contribution in [1.29, 1.82) is 5.41 Å². The van der Waals surface area contributed by atoms with Gasteiger partial charge in [-0.05, 0) is 61.4 Å². The van der Waals surface area contributed by atoms with Crippen LogP contribution in [0, 0.1) is 5.41 Å². The molecule has 0 aliphatic rings. The number of benzene rings is 3. The molecule has 0 spiro atoms. The van der Waals surface area contributed by atoms with E-state index in [4.69, 9.17) is 30.6 Å². The van der Waals surface area contributed by atoms with Crippen molar-refractivity contribution < 1.29 is 14.3 Å². The maximum Gasteiger partial charge on any atom is 0.258 e. The minimum Gasteiger partial charge on any atom is -0.497 e. The van der Waals surface area contributed by atoms with E-state index in [1.807, 2.05) is 74.5 Å². The average molecular weight is 525 g/mol. The number of hydrogen-bond acceptors (Lipinski definition) is 8. The fourth-order valence-corrected chi connectivity index (χ4v) is 3.86. The molecule has 39 heavy (non-hydrogen) atoms. The molecule has 0 radical (unpaired) electrons. The molecule has 1 atom stereocenters. The normalized spacial score (nSPS) is 12.0. The van der Waals surface area contributed by atoms with Crippen LogP contribution in [0.15, 0.2) is 72.9 Å². The van der Waals surface area contributed by atoms with E-state index in [1.54, 1.807) is 13.2 Å². The van der Waals surface area contributed by atoms with Crippen molar-refractivity contribution in [3.63, 3.8) is 0 Å². The first-order chi connectivity index (χ1) is 18.9. The van der Waals surface area contributed by atoms with E-state index in [0.717, 1.165) is 34.1 Å². The van der Waals surface area contributed by atoms with E-state index in [9.17, 15) is 4.79 Å². The average Bonchev–Trinajstić information content (AvgIpc) is 2.97. The fraction of sp³-hybridized carbons (Fsp3) is 0.200. The van der Waals surface area contributed by atoms with Gasteiger partial charge in [0.25, 0.3) is 5.91 Å². The zero-order chi connectivity index (χ0) is 27.8. The fourth-order valence-electron chi connectivity index (χ4n) is 3.86. The summed E-state index contributed by atoms with van der Waals surface area (Å²) in [6.07, 6.45) is 3.47. The van der Waals surface area contributed by atoms with E-state index in [0.29, 0.717) is 28.7 Å². The molecular formula is C30H32N6O3. The Morgan fingerprint density at radius 1 is 1.08 bits per heavy atom. The number of amides is 1. The molecule has 1 amide bonds. The van der Waals surface area contributed by atoms with Crippen molar-refractivity contribution >= 4 is 40.1 Å². The number of nitrogens with one attached hydrogen (secondary N) is 3. The van der Waals surface area contributed by atoms with Gasteiger partial charge >= 0.3 is 0 Å². The quantitative estimate of drug-likeness (QED) is 0.196. The van der Waals surface area contributed by atoms with Crippen LogP contribution in [-0.4, -0.2) is 41.8 Å². The van der Waals surface area contributed by atoms with Crippen LogP contribution in [0.2, 0.25) is 0 Å². The number of fused-ring (bicyclic) bond motifs is 1. The number of hydrogen-bond donors (Lipinski definition) is 4. The third-order valence-corrected chi connectivity index (χ3v) is 6.20. The second-order valence-corrected chi connectivity index (χ2v) is 8.94. The Morgan fingerprint density at radius 3 is 2.56 bits per heavy atom. The number of aromatic nitrogens is 2. The molecule has 4 aromatic rings. The molecule has 0 saturated heterocycles. The summed E-state index contributed by atoms with van der Waals surface area (Å²) in [4.78, 5) is 21.8. The molecule has 0 aliphatic heterocycles. The first kappa shape index (κ1) is 27.1. The van der Waals surface area contributed by atoms with E-state index >= 15 is 0 Å². The van der Waals surface area contributed by atoms with Crippen molar-refractivity contribution in [2.75, 3.05) is 19.0 Å². The van der Waals surface area contributed by atoms with E-state index in [-0.39, 0.29) is 18.6 Å². The Balaban J connectivity index is 1.65. The lowest BCUT2D eigenvalue weighted by atomic mass is 10.1. The van der Waals surface area contributed by atoms with Crippen LogP contribution in [0.5, 0.6) is 11.5 Å². The molecule has 0 bridgehead atoms. The van der Waals surface area contributed by atoms with Crippen LogP contribution in [0.25, 0.3) is 27.9 Å². The van der Waals surface area contributed by atoms with Gasteiger partial charge in [0.15, 0.2) is 12.4 Å². The van der Waals surface area contributed by atoms with Gasteiger partial charge in [-0.25, -0.2) is 9.97 Å². The highest BCUT2D eigenvalue weighted by atomic mass is 16.5. The standard InChI is InChI=1S/C30H32N6O3/c1-4-19(2)33-28(37)18-39-25-7-5-6-21(14-25)29-35-27-13-12-24(38-3)15-26(27)30(36-29)34-23-10-8-20(9-11-23)22(16-31)17-32/h5-17,19,31H,4,18,32H2,1-3H3,(H,33,37)(H,34,35,36)/b22-17+,31-16?. The third kappa shape index (κ3) is 6.70. The molecule has 9 nitrogen and oxygen atoms in total. The number of allylic oxidation sites excluding steroid dienone is 1. The number of nitrogens with two attached hydrogens (primary N) is 1. The summed E-state index contributed by atoms with van der Waals surface area (Å²) in [6.45, 7) is 3.89. The zero-order valence-electron chi connectivity index (χ0n) is 22.2. The lowest BCUT2D eigenvalue weighted by molar-refractivity contribution is -0.123. The summed E-state index contributed by atoms with van der Waals surface area (Å²) < 4.78 is 11.2. The lowest BCUT2D eigenvalue weighted by Crippen LogP contribution is -2.35.